The van der Waals surface area contributed by atoms with Crippen LogP contribution in [0.3, 0.4) is 0 Å². The predicted molar refractivity (Wildman–Crippen MR) is 98.7 cm³/mol. The van der Waals surface area contributed by atoms with Crippen molar-refractivity contribution in [2.24, 2.45) is 0 Å². The lowest BCUT2D eigenvalue weighted by Crippen LogP contribution is -2.28. The first kappa shape index (κ1) is 16.7. The first-order valence-electron chi connectivity index (χ1n) is 8.83. The summed E-state index contributed by atoms with van der Waals surface area (Å²) in [5, 5.41) is 9.12. The fourth-order valence-corrected chi connectivity index (χ4v) is 3.42. The van der Waals surface area contributed by atoms with Crippen molar-refractivity contribution in [1.82, 2.24) is 4.90 Å². The van der Waals surface area contributed by atoms with Gasteiger partial charge in [0.2, 0.25) is 0 Å². The number of carboxylic acids is 1. The van der Waals surface area contributed by atoms with Crippen LogP contribution in [0.25, 0.3) is 5.57 Å². The van der Waals surface area contributed by atoms with Crippen molar-refractivity contribution in [3.8, 4) is 11.5 Å². The van der Waals surface area contributed by atoms with Gasteiger partial charge in [0.15, 0.2) is 11.5 Å². The Balaban J connectivity index is 1.43. The molecule has 5 heteroatoms. The minimum absolute atomic E-state index is 0.340. The van der Waals surface area contributed by atoms with E-state index < -0.39 is 5.97 Å². The summed E-state index contributed by atoms with van der Waals surface area (Å²) in [7, 11) is 0. The van der Waals surface area contributed by atoms with E-state index in [1.54, 1.807) is 18.2 Å². The van der Waals surface area contributed by atoms with Crippen molar-refractivity contribution < 1.29 is 19.4 Å². The van der Waals surface area contributed by atoms with Crippen LogP contribution >= 0.6 is 0 Å². The molecule has 5 nitrogen and oxygen atoms in total. The molecule has 0 atom stereocenters. The van der Waals surface area contributed by atoms with Gasteiger partial charge in [0.1, 0.15) is 13.2 Å². The maximum atomic E-state index is 11.1. The van der Waals surface area contributed by atoms with E-state index in [4.69, 9.17) is 14.6 Å². The zero-order valence-electron chi connectivity index (χ0n) is 14.5. The molecule has 2 heterocycles. The van der Waals surface area contributed by atoms with Gasteiger partial charge in [-0.2, -0.15) is 0 Å². The SMILES string of the molecule is O=C(O)c1cccc(CN2CC=C(c3ccc4c(c3)OCCO4)CC2)c1. The summed E-state index contributed by atoms with van der Waals surface area (Å²) in [5.41, 5.74) is 3.87. The van der Waals surface area contributed by atoms with Gasteiger partial charge in [-0.05, 0) is 47.4 Å². The van der Waals surface area contributed by atoms with Crippen molar-refractivity contribution in [3.63, 3.8) is 0 Å². The predicted octanol–water partition coefficient (Wildman–Crippen LogP) is 3.45. The molecule has 1 N–H and O–H groups in total. The summed E-state index contributed by atoms with van der Waals surface area (Å²) in [6, 6.07) is 13.3. The van der Waals surface area contributed by atoms with Crippen LogP contribution in [0, 0.1) is 0 Å². The number of ether oxygens (including phenoxy) is 2. The smallest absolute Gasteiger partial charge is 0.335 e. The molecule has 2 aromatic carbocycles. The van der Waals surface area contributed by atoms with E-state index in [1.165, 1.54) is 11.1 Å². The van der Waals surface area contributed by atoms with Crippen LogP contribution < -0.4 is 9.47 Å². The number of hydrogen-bond acceptors (Lipinski definition) is 4. The molecule has 0 saturated heterocycles. The molecule has 0 saturated carbocycles. The summed E-state index contributed by atoms with van der Waals surface area (Å²) < 4.78 is 11.3. The van der Waals surface area contributed by atoms with Gasteiger partial charge in [-0.1, -0.05) is 24.3 Å². The van der Waals surface area contributed by atoms with Gasteiger partial charge in [-0.25, -0.2) is 4.79 Å². The van der Waals surface area contributed by atoms with E-state index in [0.29, 0.717) is 18.8 Å². The molecule has 0 aliphatic carbocycles. The molecule has 0 bridgehead atoms. The zero-order valence-corrected chi connectivity index (χ0v) is 14.5. The molecule has 26 heavy (non-hydrogen) atoms. The van der Waals surface area contributed by atoms with Crippen LogP contribution in [0.4, 0.5) is 0 Å². The molecular weight excluding hydrogens is 330 g/mol. The maximum Gasteiger partial charge on any atom is 0.335 e. The molecule has 0 fully saturated rings. The van der Waals surface area contributed by atoms with E-state index in [-0.39, 0.29) is 0 Å². The van der Waals surface area contributed by atoms with E-state index in [9.17, 15) is 4.79 Å². The second-order valence-electron chi connectivity index (χ2n) is 6.58. The van der Waals surface area contributed by atoms with E-state index in [2.05, 4.69) is 23.1 Å². The Morgan fingerprint density at radius 1 is 1.08 bits per heavy atom. The number of carboxylic acid groups (broad SMARTS) is 1. The zero-order chi connectivity index (χ0) is 17.9. The summed E-state index contributed by atoms with van der Waals surface area (Å²) in [6.45, 7) is 3.75. The first-order valence-corrected chi connectivity index (χ1v) is 8.83. The molecule has 2 aliphatic heterocycles. The molecular formula is C21H21NO4. The molecule has 0 amide bonds. The summed E-state index contributed by atoms with van der Waals surface area (Å²) in [6.07, 6.45) is 3.20. The Kier molecular flexibility index (Phi) is 4.63. The van der Waals surface area contributed by atoms with Crippen molar-refractivity contribution in [1.29, 1.82) is 0 Å². The number of rotatable bonds is 4. The summed E-state index contributed by atoms with van der Waals surface area (Å²) in [5.74, 6) is 0.755. The summed E-state index contributed by atoms with van der Waals surface area (Å²) in [4.78, 5) is 13.4. The van der Waals surface area contributed by atoms with Gasteiger partial charge in [0.25, 0.3) is 0 Å². The van der Waals surface area contributed by atoms with Crippen LogP contribution in [-0.4, -0.2) is 42.3 Å². The topological polar surface area (TPSA) is 59.0 Å². The van der Waals surface area contributed by atoms with Gasteiger partial charge in [-0.3, -0.25) is 4.90 Å². The summed E-state index contributed by atoms with van der Waals surface area (Å²) >= 11 is 0. The number of aromatic carboxylic acids is 1. The Hall–Kier alpha value is -2.79. The minimum Gasteiger partial charge on any atom is -0.486 e. The van der Waals surface area contributed by atoms with Crippen molar-refractivity contribution in [2.75, 3.05) is 26.3 Å². The van der Waals surface area contributed by atoms with Gasteiger partial charge in [0, 0.05) is 19.6 Å². The molecule has 0 spiro atoms. The lowest BCUT2D eigenvalue weighted by atomic mass is 9.98. The minimum atomic E-state index is -0.883. The second-order valence-corrected chi connectivity index (χ2v) is 6.58. The fourth-order valence-electron chi connectivity index (χ4n) is 3.42. The van der Waals surface area contributed by atoms with Gasteiger partial charge in [-0.15, -0.1) is 0 Å². The van der Waals surface area contributed by atoms with Crippen LogP contribution in [0.1, 0.15) is 27.9 Å². The molecule has 0 radical (unpaired) electrons. The van der Waals surface area contributed by atoms with Gasteiger partial charge in [0.05, 0.1) is 5.56 Å². The highest BCUT2D eigenvalue weighted by Crippen LogP contribution is 2.34. The Morgan fingerprint density at radius 3 is 2.69 bits per heavy atom. The van der Waals surface area contributed by atoms with Gasteiger partial charge < -0.3 is 14.6 Å². The molecule has 2 aromatic rings. The third-order valence-corrected chi connectivity index (χ3v) is 4.79. The Labute approximate surface area is 152 Å². The highest BCUT2D eigenvalue weighted by atomic mass is 16.6. The van der Waals surface area contributed by atoms with Crippen LogP contribution in [0.2, 0.25) is 0 Å². The van der Waals surface area contributed by atoms with Crippen molar-refractivity contribution >= 4 is 11.5 Å². The Morgan fingerprint density at radius 2 is 1.92 bits per heavy atom. The average Bonchev–Trinajstić information content (AvgIpc) is 2.68. The standard InChI is InChI=1S/C21H21NO4/c23-21(24)18-3-1-2-15(12-18)14-22-8-6-16(7-9-22)17-4-5-19-20(13-17)26-11-10-25-19/h1-6,12-13H,7-11,14H2,(H,23,24). The molecule has 0 aromatic heterocycles. The molecule has 0 unspecified atom stereocenters. The van der Waals surface area contributed by atoms with Crippen molar-refractivity contribution in [2.45, 2.75) is 13.0 Å². The van der Waals surface area contributed by atoms with Crippen LogP contribution in [0.15, 0.2) is 48.5 Å². The average molecular weight is 351 g/mol. The second kappa shape index (κ2) is 7.22. The normalized spacial score (nSPS) is 16.8. The highest BCUT2D eigenvalue weighted by molar-refractivity contribution is 5.87. The first-order chi connectivity index (χ1) is 12.7. The molecule has 4 rings (SSSR count). The fraction of sp³-hybridized carbons (Fsp3) is 0.286. The van der Waals surface area contributed by atoms with Crippen LogP contribution in [-0.2, 0) is 6.54 Å². The number of benzene rings is 2. The van der Waals surface area contributed by atoms with E-state index >= 15 is 0 Å². The highest BCUT2D eigenvalue weighted by Gasteiger charge is 2.17. The molecule has 2 aliphatic rings. The largest absolute Gasteiger partial charge is 0.486 e. The number of hydrogen-bond donors (Lipinski definition) is 1. The van der Waals surface area contributed by atoms with Crippen LogP contribution in [0.5, 0.6) is 11.5 Å². The molecule has 134 valence electrons. The lowest BCUT2D eigenvalue weighted by molar-refractivity contribution is 0.0696. The van der Waals surface area contributed by atoms with Gasteiger partial charge >= 0.3 is 5.97 Å². The third-order valence-electron chi connectivity index (χ3n) is 4.79. The number of fused-ring (bicyclic) bond motifs is 1. The lowest BCUT2D eigenvalue weighted by Gasteiger charge is -2.27. The van der Waals surface area contributed by atoms with Crippen molar-refractivity contribution in [3.05, 3.63) is 65.2 Å². The quantitative estimate of drug-likeness (QED) is 0.914. The number of nitrogens with zero attached hydrogens (tertiary/aromatic N) is 1. The van der Waals surface area contributed by atoms with E-state index in [0.717, 1.165) is 43.1 Å². The third kappa shape index (κ3) is 3.58. The Bertz CT molecular complexity index is 859. The maximum absolute atomic E-state index is 11.1. The monoisotopic (exact) mass is 351 g/mol. The number of carbonyl (C=O) groups is 1. The van der Waals surface area contributed by atoms with E-state index in [1.807, 2.05) is 12.1 Å².